The third-order valence-electron chi connectivity index (χ3n) is 5.33. The Labute approximate surface area is 172 Å². The van der Waals surface area contributed by atoms with E-state index in [1.807, 2.05) is 50.2 Å². The van der Waals surface area contributed by atoms with E-state index in [2.05, 4.69) is 14.1 Å². The number of rotatable bonds is 6. The first-order valence-corrected chi connectivity index (χ1v) is 10.0. The van der Waals surface area contributed by atoms with Crippen molar-refractivity contribution >= 4 is 17.4 Å². The monoisotopic (exact) mass is 393 g/mol. The summed E-state index contributed by atoms with van der Waals surface area (Å²) in [7, 11) is 4.12. The van der Waals surface area contributed by atoms with Crippen LogP contribution in [0.4, 0.5) is 0 Å². The van der Waals surface area contributed by atoms with Crippen LogP contribution in [0.25, 0.3) is 5.76 Å². The Kier molecular flexibility index (Phi) is 6.18. The standard InChI is InChI=1S/C24H28N2O3/c1-16-6-10-18(11-7-16)21-20(22(27)19-12-8-17(2)9-13-19)23(28)24(29)26(21)15-5-14-25(3)4/h6-13,21,27H,5,14-15H2,1-4H3/p+1/t21-/m0/s1. The maximum atomic E-state index is 12.9. The molecule has 1 saturated heterocycles. The molecule has 1 aliphatic rings. The molecule has 0 aliphatic carbocycles. The maximum absolute atomic E-state index is 12.9. The summed E-state index contributed by atoms with van der Waals surface area (Å²) < 4.78 is 0. The number of amides is 1. The molecule has 0 spiro atoms. The Morgan fingerprint density at radius 1 is 0.966 bits per heavy atom. The number of likely N-dealkylation sites (tertiary alicyclic amines) is 1. The fourth-order valence-corrected chi connectivity index (χ4v) is 3.68. The van der Waals surface area contributed by atoms with Gasteiger partial charge in [0.15, 0.2) is 0 Å². The van der Waals surface area contributed by atoms with Crippen LogP contribution in [0.15, 0.2) is 54.1 Å². The molecule has 1 amide bonds. The average Bonchev–Trinajstić information content (AvgIpc) is 2.93. The highest BCUT2D eigenvalue weighted by Gasteiger charge is 2.45. The minimum absolute atomic E-state index is 0.116. The van der Waals surface area contributed by atoms with Crippen LogP contribution >= 0.6 is 0 Å². The average molecular weight is 394 g/mol. The third-order valence-corrected chi connectivity index (χ3v) is 5.33. The maximum Gasteiger partial charge on any atom is 0.295 e. The van der Waals surface area contributed by atoms with E-state index < -0.39 is 17.7 Å². The number of nitrogens with one attached hydrogen (secondary N) is 1. The van der Waals surface area contributed by atoms with Gasteiger partial charge in [0.05, 0.1) is 32.3 Å². The van der Waals surface area contributed by atoms with Crippen molar-refractivity contribution in [1.29, 1.82) is 0 Å². The van der Waals surface area contributed by atoms with Gasteiger partial charge in [-0.3, -0.25) is 9.59 Å². The van der Waals surface area contributed by atoms with Crippen LogP contribution < -0.4 is 4.90 Å². The summed E-state index contributed by atoms with van der Waals surface area (Å²) in [5, 5.41) is 11.0. The summed E-state index contributed by atoms with van der Waals surface area (Å²) in [6, 6.07) is 14.5. The molecule has 5 nitrogen and oxygen atoms in total. The van der Waals surface area contributed by atoms with Crippen LogP contribution in [0.5, 0.6) is 0 Å². The Bertz CT molecular complexity index is 928. The molecule has 0 bridgehead atoms. The first kappa shape index (κ1) is 20.8. The highest BCUT2D eigenvalue weighted by atomic mass is 16.3. The number of nitrogens with zero attached hydrogens (tertiary/aromatic N) is 1. The highest BCUT2D eigenvalue weighted by molar-refractivity contribution is 6.46. The van der Waals surface area contributed by atoms with Crippen LogP contribution in [-0.2, 0) is 9.59 Å². The summed E-state index contributed by atoms with van der Waals surface area (Å²) >= 11 is 0. The Morgan fingerprint density at radius 2 is 1.52 bits per heavy atom. The third kappa shape index (κ3) is 4.40. The largest absolute Gasteiger partial charge is 0.507 e. The molecule has 0 radical (unpaired) electrons. The van der Waals surface area contributed by atoms with Crippen molar-refractivity contribution in [3.05, 3.63) is 76.4 Å². The zero-order valence-electron chi connectivity index (χ0n) is 17.5. The second kappa shape index (κ2) is 8.62. The number of quaternary nitrogens is 1. The molecule has 152 valence electrons. The summed E-state index contributed by atoms with van der Waals surface area (Å²) in [6.07, 6.45) is 0.780. The Morgan fingerprint density at radius 3 is 2.07 bits per heavy atom. The molecule has 0 saturated carbocycles. The molecule has 2 aromatic carbocycles. The fourth-order valence-electron chi connectivity index (χ4n) is 3.68. The van der Waals surface area contributed by atoms with Crippen molar-refractivity contribution in [3.63, 3.8) is 0 Å². The normalized spacial score (nSPS) is 18.7. The Balaban J connectivity index is 2.07. The molecule has 2 N–H and O–H groups in total. The first-order chi connectivity index (χ1) is 13.8. The zero-order valence-corrected chi connectivity index (χ0v) is 17.5. The minimum atomic E-state index is -0.620. The van der Waals surface area contributed by atoms with E-state index in [-0.39, 0.29) is 11.3 Å². The number of hydrogen-bond acceptors (Lipinski definition) is 3. The number of benzene rings is 2. The molecule has 5 heteroatoms. The molecule has 1 aliphatic heterocycles. The van der Waals surface area contributed by atoms with Crippen LogP contribution in [-0.4, -0.2) is 48.9 Å². The predicted molar refractivity (Wildman–Crippen MR) is 114 cm³/mol. The van der Waals surface area contributed by atoms with Crippen molar-refractivity contribution in [2.45, 2.75) is 26.3 Å². The molecular formula is C24H29N2O3+. The molecule has 0 unspecified atom stereocenters. The van der Waals surface area contributed by atoms with E-state index in [4.69, 9.17) is 0 Å². The van der Waals surface area contributed by atoms with Gasteiger partial charge < -0.3 is 14.9 Å². The number of carbonyl (C=O) groups excluding carboxylic acids is 2. The van der Waals surface area contributed by atoms with E-state index in [1.54, 1.807) is 17.0 Å². The lowest BCUT2D eigenvalue weighted by molar-refractivity contribution is -0.858. The molecule has 1 heterocycles. The first-order valence-electron chi connectivity index (χ1n) is 10.0. The molecule has 2 aromatic rings. The summed E-state index contributed by atoms with van der Waals surface area (Å²) in [6.45, 7) is 5.31. The predicted octanol–water partition coefficient (Wildman–Crippen LogP) is 2.26. The van der Waals surface area contributed by atoms with E-state index >= 15 is 0 Å². The molecule has 1 fully saturated rings. The van der Waals surface area contributed by atoms with Gasteiger partial charge in [-0.25, -0.2) is 0 Å². The lowest BCUT2D eigenvalue weighted by Crippen LogP contribution is -3.05. The molecule has 29 heavy (non-hydrogen) atoms. The van der Waals surface area contributed by atoms with Crippen LogP contribution in [0, 0.1) is 13.8 Å². The SMILES string of the molecule is Cc1ccc(C(O)=C2C(=O)C(=O)N(CCC[NH+](C)C)[C@H]2c2ccc(C)cc2)cc1. The van der Waals surface area contributed by atoms with Gasteiger partial charge in [0.1, 0.15) is 5.76 Å². The lowest BCUT2D eigenvalue weighted by atomic mass is 9.94. The number of aliphatic hydroxyl groups is 1. The van der Waals surface area contributed by atoms with Gasteiger partial charge in [-0.2, -0.15) is 0 Å². The fraction of sp³-hybridized carbons (Fsp3) is 0.333. The van der Waals surface area contributed by atoms with Gasteiger partial charge in [0.2, 0.25) is 0 Å². The van der Waals surface area contributed by atoms with Gasteiger partial charge in [-0.15, -0.1) is 0 Å². The van der Waals surface area contributed by atoms with Gasteiger partial charge in [0.25, 0.3) is 11.7 Å². The molecule has 1 atom stereocenters. The summed E-state index contributed by atoms with van der Waals surface area (Å²) in [5.74, 6) is -1.28. The lowest BCUT2D eigenvalue weighted by Gasteiger charge is -2.25. The number of hydrogen-bond donors (Lipinski definition) is 2. The summed E-state index contributed by atoms with van der Waals surface area (Å²) in [5.41, 5.74) is 3.70. The van der Waals surface area contributed by atoms with Crippen molar-refractivity contribution in [2.75, 3.05) is 27.2 Å². The van der Waals surface area contributed by atoms with Crippen LogP contribution in [0.3, 0.4) is 0 Å². The van der Waals surface area contributed by atoms with Gasteiger partial charge >= 0.3 is 0 Å². The van der Waals surface area contributed by atoms with Crippen molar-refractivity contribution in [1.82, 2.24) is 4.90 Å². The van der Waals surface area contributed by atoms with E-state index in [0.29, 0.717) is 12.1 Å². The minimum Gasteiger partial charge on any atom is -0.507 e. The Hall–Kier alpha value is -2.92. The van der Waals surface area contributed by atoms with Gasteiger partial charge in [-0.1, -0.05) is 59.7 Å². The molecule has 0 aromatic heterocycles. The zero-order chi connectivity index (χ0) is 21.1. The topological polar surface area (TPSA) is 62.0 Å². The van der Waals surface area contributed by atoms with Crippen LogP contribution in [0.2, 0.25) is 0 Å². The van der Waals surface area contributed by atoms with Crippen LogP contribution in [0.1, 0.15) is 34.7 Å². The van der Waals surface area contributed by atoms with Gasteiger partial charge in [0, 0.05) is 18.5 Å². The van der Waals surface area contributed by atoms with Gasteiger partial charge in [-0.05, 0) is 19.4 Å². The highest BCUT2D eigenvalue weighted by Crippen LogP contribution is 2.39. The number of aliphatic hydroxyl groups excluding tert-OH is 1. The summed E-state index contributed by atoms with van der Waals surface area (Å²) in [4.78, 5) is 28.7. The smallest absolute Gasteiger partial charge is 0.295 e. The van der Waals surface area contributed by atoms with Crippen molar-refractivity contribution < 1.29 is 19.6 Å². The molecule has 3 rings (SSSR count). The van der Waals surface area contributed by atoms with E-state index in [1.165, 1.54) is 4.90 Å². The second-order valence-electron chi connectivity index (χ2n) is 8.08. The van der Waals surface area contributed by atoms with E-state index in [9.17, 15) is 14.7 Å². The number of Topliss-reactive ketones (excluding diaryl/α,β-unsaturated/α-hetero) is 1. The molecular weight excluding hydrogens is 364 g/mol. The number of aryl methyl sites for hydroxylation is 2. The quantitative estimate of drug-likeness (QED) is 0.450. The number of carbonyl (C=O) groups is 2. The van der Waals surface area contributed by atoms with Crippen molar-refractivity contribution in [2.24, 2.45) is 0 Å². The van der Waals surface area contributed by atoms with Crippen molar-refractivity contribution in [3.8, 4) is 0 Å². The number of ketones is 1. The second-order valence-corrected chi connectivity index (χ2v) is 8.08. The van der Waals surface area contributed by atoms with E-state index in [0.717, 1.165) is 29.7 Å².